The van der Waals surface area contributed by atoms with Crippen molar-refractivity contribution in [3.8, 4) is 0 Å². The third kappa shape index (κ3) is 1.36. The molecule has 0 saturated heterocycles. The molecule has 2 rings (SSSR count). The predicted octanol–water partition coefficient (Wildman–Crippen LogP) is 1.04. The Balaban J connectivity index is 2.06. The molecule has 76 valence electrons. The Morgan fingerprint density at radius 3 is 3.00 bits per heavy atom. The maximum absolute atomic E-state index is 11.0. The number of hydrogen-bond acceptors (Lipinski definition) is 3. The molecule has 2 atom stereocenters. The molecule has 1 amide bonds. The van der Waals surface area contributed by atoms with Gasteiger partial charge in [0.15, 0.2) is 11.5 Å². The van der Waals surface area contributed by atoms with Crippen LogP contribution in [0.25, 0.3) is 0 Å². The van der Waals surface area contributed by atoms with E-state index < -0.39 is 11.8 Å². The van der Waals surface area contributed by atoms with Crippen LogP contribution in [-0.2, 0) is 14.3 Å². The average Bonchev–Trinajstić information content (AvgIpc) is 2.62. The average molecular weight is 195 g/mol. The number of rotatable bonds is 3. The molecule has 0 spiro atoms. The molecule has 2 aliphatic rings. The van der Waals surface area contributed by atoms with Gasteiger partial charge in [0, 0.05) is 6.42 Å². The van der Waals surface area contributed by atoms with Crippen LogP contribution in [0, 0.1) is 5.92 Å². The van der Waals surface area contributed by atoms with Gasteiger partial charge in [0.1, 0.15) is 5.92 Å². The van der Waals surface area contributed by atoms with Crippen molar-refractivity contribution in [1.29, 1.82) is 0 Å². The number of nitrogens with two attached hydrogens (primary N) is 1. The van der Waals surface area contributed by atoms with Crippen molar-refractivity contribution in [3.63, 3.8) is 0 Å². The van der Waals surface area contributed by atoms with Crippen molar-refractivity contribution in [2.45, 2.75) is 26.1 Å². The lowest BCUT2D eigenvalue weighted by atomic mass is 10.1. The van der Waals surface area contributed by atoms with Gasteiger partial charge < -0.3 is 15.2 Å². The van der Waals surface area contributed by atoms with Crippen LogP contribution in [0.4, 0.5) is 0 Å². The summed E-state index contributed by atoms with van der Waals surface area (Å²) in [5.74, 6) is 0.405. The highest BCUT2D eigenvalue weighted by Crippen LogP contribution is 2.35. The van der Waals surface area contributed by atoms with E-state index in [1.807, 2.05) is 0 Å². The molecule has 0 saturated carbocycles. The summed E-state index contributed by atoms with van der Waals surface area (Å²) in [5.41, 5.74) is 5.21. The summed E-state index contributed by atoms with van der Waals surface area (Å²) in [6.07, 6.45) is 5.02. The molecule has 1 heterocycles. The number of primary amides is 1. The summed E-state index contributed by atoms with van der Waals surface area (Å²) in [4.78, 5) is 11.0. The largest absolute Gasteiger partial charge is 0.454 e. The van der Waals surface area contributed by atoms with Crippen LogP contribution in [0.5, 0.6) is 0 Å². The number of hydrogen-bond donors (Lipinski definition) is 1. The molecule has 4 nitrogen and oxygen atoms in total. The van der Waals surface area contributed by atoms with E-state index in [1.54, 1.807) is 12.2 Å². The van der Waals surface area contributed by atoms with Crippen LogP contribution >= 0.6 is 0 Å². The van der Waals surface area contributed by atoms with Crippen molar-refractivity contribution in [1.82, 2.24) is 0 Å². The minimum absolute atomic E-state index is 0.239. The van der Waals surface area contributed by atoms with E-state index in [4.69, 9.17) is 15.2 Å². The molecule has 0 aromatic rings. The second-order valence-corrected chi connectivity index (χ2v) is 3.42. The van der Waals surface area contributed by atoms with Crippen LogP contribution in [0.15, 0.2) is 23.7 Å². The predicted molar refractivity (Wildman–Crippen MR) is 49.7 cm³/mol. The summed E-state index contributed by atoms with van der Waals surface area (Å²) < 4.78 is 11.0. The second-order valence-electron chi connectivity index (χ2n) is 3.42. The van der Waals surface area contributed by atoms with Gasteiger partial charge in [-0.05, 0) is 12.5 Å². The van der Waals surface area contributed by atoms with Crippen molar-refractivity contribution < 1.29 is 14.3 Å². The molecular formula is C10H13NO3. The van der Waals surface area contributed by atoms with Gasteiger partial charge in [-0.3, -0.25) is 4.79 Å². The molecule has 1 aliphatic heterocycles. The number of allylic oxidation sites excluding steroid dienone is 1. The second kappa shape index (κ2) is 3.36. The van der Waals surface area contributed by atoms with Gasteiger partial charge in [-0.1, -0.05) is 13.0 Å². The summed E-state index contributed by atoms with van der Waals surface area (Å²) in [5, 5.41) is 0. The molecule has 0 bridgehead atoms. The number of carbonyl (C=O) groups is 1. The van der Waals surface area contributed by atoms with Crippen LogP contribution in [0.3, 0.4) is 0 Å². The first-order valence-corrected chi connectivity index (χ1v) is 4.77. The van der Waals surface area contributed by atoms with Crippen molar-refractivity contribution in [2.24, 2.45) is 11.7 Å². The fourth-order valence-corrected chi connectivity index (χ4v) is 1.62. The van der Waals surface area contributed by atoms with E-state index >= 15 is 0 Å². The van der Waals surface area contributed by atoms with Gasteiger partial charge in [0.2, 0.25) is 12.2 Å². The van der Waals surface area contributed by atoms with E-state index in [9.17, 15) is 4.79 Å². The molecule has 4 heteroatoms. The van der Waals surface area contributed by atoms with Gasteiger partial charge in [-0.15, -0.1) is 0 Å². The Morgan fingerprint density at radius 1 is 1.57 bits per heavy atom. The smallest absolute Gasteiger partial charge is 0.241 e. The lowest BCUT2D eigenvalue weighted by Gasteiger charge is -2.13. The zero-order valence-corrected chi connectivity index (χ0v) is 8.03. The highest BCUT2D eigenvalue weighted by Gasteiger charge is 2.36. The fourth-order valence-electron chi connectivity index (χ4n) is 1.62. The zero-order chi connectivity index (χ0) is 10.1. The molecule has 0 aromatic carbocycles. The normalized spacial score (nSPS) is 28.6. The summed E-state index contributed by atoms with van der Waals surface area (Å²) in [6, 6.07) is 0. The van der Waals surface area contributed by atoms with E-state index in [0.717, 1.165) is 12.8 Å². The van der Waals surface area contributed by atoms with Crippen LogP contribution < -0.4 is 5.73 Å². The van der Waals surface area contributed by atoms with Crippen LogP contribution in [0.2, 0.25) is 0 Å². The molecule has 2 unspecified atom stereocenters. The van der Waals surface area contributed by atoms with Gasteiger partial charge in [0.25, 0.3) is 0 Å². The SMILES string of the molecule is CCCC1OC2=C(O1)C(C(N)=O)C=C2. The third-order valence-corrected chi connectivity index (χ3v) is 2.31. The minimum Gasteiger partial charge on any atom is -0.454 e. The summed E-state index contributed by atoms with van der Waals surface area (Å²) in [6.45, 7) is 2.05. The lowest BCUT2D eigenvalue weighted by Crippen LogP contribution is -2.23. The third-order valence-electron chi connectivity index (χ3n) is 2.31. The monoisotopic (exact) mass is 195 g/mol. The quantitative estimate of drug-likeness (QED) is 0.732. The molecule has 1 aliphatic carbocycles. The molecule has 0 aromatic heterocycles. The maximum Gasteiger partial charge on any atom is 0.241 e. The maximum atomic E-state index is 11.0. The molecule has 0 fully saturated rings. The van der Waals surface area contributed by atoms with Gasteiger partial charge in [-0.25, -0.2) is 0 Å². The van der Waals surface area contributed by atoms with Gasteiger partial charge in [0.05, 0.1) is 0 Å². The Hall–Kier alpha value is -1.45. The van der Waals surface area contributed by atoms with E-state index in [2.05, 4.69) is 6.92 Å². The summed E-state index contributed by atoms with van der Waals surface area (Å²) >= 11 is 0. The van der Waals surface area contributed by atoms with Gasteiger partial charge >= 0.3 is 0 Å². The van der Waals surface area contributed by atoms with Crippen molar-refractivity contribution >= 4 is 5.91 Å². The standard InChI is InChI=1S/C10H13NO3/c1-2-3-8-13-7-5-4-6(10(11)12)9(7)14-8/h4-6,8H,2-3H2,1H3,(H2,11,12). The minimum atomic E-state index is -0.438. The van der Waals surface area contributed by atoms with Crippen LogP contribution in [0.1, 0.15) is 19.8 Å². The highest BCUT2D eigenvalue weighted by atomic mass is 16.7. The molecule has 2 N–H and O–H groups in total. The number of amides is 1. The van der Waals surface area contributed by atoms with E-state index in [-0.39, 0.29) is 6.29 Å². The Morgan fingerprint density at radius 2 is 2.36 bits per heavy atom. The van der Waals surface area contributed by atoms with E-state index in [0.29, 0.717) is 11.5 Å². The Labute approximate surface area is 82.4 Å². The summed E-state index contributed by atoms with van der Waals surface area (Å²) in [7, 11) is 0. The zero-order valence-electron chi connectivity index (χ0n) is 8.03. The molecule has 0 radical (unpaired) electrons. The fraction of sp³-hybridized carbons (Fsp3) is 0.500. The van der Waals surface area contributed by atoms with Crippen molar-refractivity contribution in [2.75, 3.05) is 0 Å². The molecular weight excluding hydrogens is 182 g/mol. The first-order chi connectivity index (χ1) is 6.72. The lowest BCUT2D eigenvalue weighted by molar-refractivity contribution is -0.121. The van der Waals surface area contributed by atoms with Crippen molar-refractivity contribution in [3.05, 3.63) is 23.7 Å². The topological polar surface area (TPSA) is 61.6 Å². The highest BCUT2D eigenvalue weighted by molar-refractivity contribution is 5.82. The Bertz CT molecular complexity index is 319. The molecule has 14 heavy (non-hydrogen) atoms. The number of ether oxygens (including phenoxy) is 2. The first kappa shape index (κ1) is 9.12. The first-order valence-electron chi connectivity index (χ1n) is 4.77. The van der Waals surface area contributed by atoms with Gasteiger partial charge in [-0.2, -0.15) is 0 Å². The van der Waals surface area contributed by atoms with Crippen LogP contribution in [-0.4, -0.2) is 12.2 Å². The van der Waals surface area contributed by atoms with E-state index in [1.165, 1.54) is 0 Å². The number of carbonyl (C=O) groups excluding carboxylic acids is 1. The Kier molecular flexibility index (Phi) is 2.19.